The van der Waals surface area contributed by atoms with Crippen molar-refractivity contribution in [2.24, 2.45) is 10.7 Å². The third-order valence-corrected chi connectivity index (χ3v) is 4.94. The van der Waals surface area contributed by atoms with Gasteiger partial charge in [0, 0.05) is 18.5 Å². The van der Waals surface area contributed by atoms with Crippen LogP contribution in [-0.4, -0.2) is 27.2 Å². The van der Waals surface area contributed by atoms with Gasteiger partial charge in [-0.15, -0.1) is 0 Å². The van der Waals surface area contributed by atoms with Crippen molar-refractivity contribution in [1.29, 1.82) is 0 Å². The molecule has 0 atom stereocenters. The van der Waals surface area contributed by atoms with Crippen LogP contribution in [0.2, 0.25) is 0 Å². The molecule has 2 rings (SSSR count). The van der Waals surface area contributed by atoms with Crippen molar-refractivity contribution < 1.29 is 8.42 Å². The van der Waals surface area contributed by atoms with Crippen LogP contribution in [-0.2, 0) is 16.3 Å². The summed E-state index contributed by atoms with van der Waals surface area (Å²) in [5, 5.41) is 3.07. The van der Waals surface area contributed by atoms with E-state index in [1.165, 1.54) is 17.4 Å². The molecule has 0 radical (unpaired) electrons. The summed E-state index contributed by atoms with van der Waals surface area (Å²) in [5.41, 5.74) is 10.3. The number of hydrogen-bond acceptors (Lipinski definition) is 3. The van der Waals surface area contributed by atoms with Gasteiger partial charge in [-0.2, -0.15) is 0 Å². The maximum atomic E-state index is 11.4. The number of rotatable bonds is 5. The van der Waals surface area contributed by atoms with E-state index in [2.05, 4.69) is 17.2 Å². The molecule has 0 amide bonds. The van der Waals surface area contributed by atoms with Crippen LogP contribution in [0.3, 0.4) is 0 Å². The summed E-state index contributed by atoms with van der Waals surface area (Å²) in [6.07, 6.45) is 1.89. The Labute approximate surface area is 143 Å². The second-order valence-electron chi connectivity index (χ2n) is 5.86. The van der Waals surface area contributed by atoms with Gasteiger partial charge in [-0.25, -0.2) is 8.42 Å². The van der Waals surface area contributed by atoms with E-state index >= 15 is 0 Å². The number of nitrogens with two attached hydrogens (primary N) is 1. The fourth-order valence-corrected chi connectivity index (χ4v) is 2.85. The minimum Gasteiger partial charge on any atom is -0.370 e. The summed E-state index contributed by atoms with van der Waals surface area (Å²) < 4.78 is 22.8. The highest BCUT2D eigenvalue weighted by Crippen LogP contribution is 2.14. The summed E-state index contributed by atoms with van der Waals surface area (Å²) in [6, 6.07) is 12.9. The summed E-state index contributed by atoms with van der Waals surface area (Å²) in [5.74, 6) is 0.367. The Kier molecular flexibility index (Phi) is 5.62. The number of aryl methyl sites for hydroxylation is 2. The number of benzene rings is 2. The van der Waals surface area contributed by atoms with Crippen molar-refractivity contribution in [2.75, 3.05) is 18.1 Å². The smallest absolute Gasteiger partial charge is 0.193 e. The van der Waals surface area contributed by atoms with Crippen molar-refractivity contribution in [3.05, 3.63) is 59.2 Å². The fourth-order valence-electron chi connectivity index (χ4n) is 2.22. The Bertz CT molecular complexity index is 841. The number of guanidine groups is 1. The molecule has 5 nitrogen and oxygen atoms in total. The van der Waals surface area contributed by atoms with Gasteiger partial charge in [0.25, 0.3) is 0 Å². The molecule has 0 aliphatic carbocycles. The first-order valence-electron chi connectivity index (χ1n) is 7.69. The first-order chi connectivity index (χ1) is 11.3. The highest BCUT2D eigenvalue weighted by Gasteiger charge is 2.05. The summed E-state index contributed by atoms with van der Waals surface area (Å²) >= 11 is 0. The van der Waals surface area contributed by atoms with Gasteiger partial charge in [-0.05, 0) is 61.2 Å². The van der Waals surface area contributed by atoms with Crippen LogP contribution in [0.15, 0.2) is 52.4 Å². The molecule has 24 heavy (non-hydrogen) atoms. The first-order valence-corrected chi connectivity index (χ1v) is 9.58. The monoisotopic (exact) mass is 345 g/mol. The largest absolute Gasteiger partial charge is 0.370 e. The molecular weight excluding hydrogens is 322 g/mol. The lowest BCUT2D eigenvalue weighted by Gasteiger charge is -2.08. The minimum atomic E-state index is -3.15. The van der Waals surface area contributed by atoms with Gasteiger partial charge in [-0.1, -0.05) is 18.2 Å². The fraction of sp³-hybridized carbons (Fsp3) is 0.278. The van der Waals surface area contributed by atoms with Crippen molar-refractivity contribution in [3.8, 4) is 0 Å². The van der Waals surface area contributed by atoms with Crippen LogP contribution in [0.5, 0.6) is 0 Å². The SMILES string of the molecule is Cc1ccc(NC(N)=NCCc2ccc(S(C)(=O)=O)cc2)cc1C. The molecule has 6 heteroatoms. The number of hydrogen-bond donors (Lipinski definition) is 2. The summed E-state index contributed by atoms with van der Waals surface area (Å²) in [7, 11) is -3.15. The van der Waals surface area contributed by atoms with Crippen molar-refractivity contribution in [3.63, 3.8) is 0 Å². The van der Waals surface area contributed by atoms with E-state index in [0.717, 1.165) is 11.3 Å². The first kappa shape index (κ1) is 18.0. The van der Waals surface area contributed by atoms with E-state index in [1.807, 2.05) is 25.1 Å². The summed E-state index contributed by atoms with van der Waals surface area (Å²) in [6.45, 7) is 4.64. The zero-order valence-corrected chi connectivity index (χ0v) is 15.0. The van der Waals surface area contributed by atoms with Crippen LogP contribution in [0.4, 0.5) is 5.69 Å². The predicted molar refractivity (Wildman–Crippen MR) is 99.3 cm³/mol. The minimum absolute atomic E-state index is 0.325. The number of nitrogens with zero attached hydrogens (tertiary/aromatic N) is 1. The van der Waals surface area contributed by atoms with E-state index in [9.17, 15) is 8.42 Å². The number of aliphatic imine (C=N–C) groups is 1. The topological polar surface area (TPSA) is 84.5 Å². The molecule has 0 unspecified atom stereocenters. The van der Waals surface area contributed by atoms with Gasteiger partial charge >= 0.3 is 0 Å². The van der Waals surface area contributed by atoms with Gasteiger partial charge in [0.15, 0.2) is 15.8 Å². The third kappa shape index (κ3) is 5.09. The van der Waals surface area contributed by atoms with E-state index in [4.69, 9.17) is 5.73 Å². The standard InChI is InChI=1S/C18H23N3O2S/c1-13-4-7-16(12-14(13)2)21-18(19)20-11-10-15-5-8-17(9-6-15)24(3,22)23/h4-9,12H,10-11H2,1-3H3,(H3,19,20,21). The maximum absolute atomic E-state index is 11.4. The van der Waals surface area contributed by atoms with Gasteiger partial charge in [-0.3, -0.25) is 4.99 Å². The van der Waals surface area contributed by atoms with Gasteiger partial charge in [0.1, 0.15) is 0 Å². The predicted octanol–water partition coefficient (Wildman–Crippen LogP) is 2.68. The Morgan fingerprint density at radius 1 is 1.08 bits per heavy atom. The van der Waals surface area contributed by atoms with E-state index < -0.39 is 9.84 Å². The van der Waals surface area contributed by atoms with E-state index in [-0.39, 0.29) is 0 Å². The van der Waals surface area contributed by atoms with Crippen LogP contribution in [0, 0.1) is 13.8 Å². The highest BCUT2D eigenvalue weighted by molar-refractivity contribution is 7.90. The lowest BCUT2D eigenvalue weighted by atomic mass is 10.1. The van der Waals surface area contributed by atoms with Gasteiger partial charge in [0.05, 0.1) is 4.90 Å². The Morgan fingerprint density at radius 2 is 1.75 bits per heavy atom. The molecule has 0 fully saturated rings. The zero-order valence-electron chi connectivity index (χ0n) is 14.2. The molecule has 3 N–H and O–H groups in total. The molecule has 0 aromatic heterocycles. The van der Waals surface area contributed by atoms with E-state index in [1.54, 1.807) is 24.3 Å². The average molecular weight is 345 g/mol. The molecule has 0 heterocycles. The molecule has 0 bridgehead atoms. The molecular formula is C18H23N3O2S. The van der Waals surface area contributed by atoms with Crippen molar-refractivity contribution in [2.45, 2.75) is 25.2 Å². The normalized spacial score (nSPS) is 12.2. The number of nitrogens with one attached hydrogen (secondary N) is 1. The van der Waals surface area contributed by atoms with Crippen LogP contribution < -0.4 is 11.1 Å². The highest BCUT2D eigenvalue weighted by atomic mass is 32.2. The third-order valence-electron chi connectivity index (χ3n) is 3.81. The average Bonchev–Trinajstić information content (AvgIpc) is 2.50. The Morgan fingerprint density at radius 3 is 2.33 bits per heavy atom. The van der Waals surface area contributed by atoms with Gasteiger partial charge in [0.2, 0.25) is 0 Å². The van der Waals surface area contributed by atoms with Crippen LogP contribution in [0.1, 0.15) is 16.7 Å². The maximum Gasteiger partial charge on any atom is 0.193 e. The molecule has 128 valence electrons. The lowest BCUT2D eigenvalue weighted by molar-refractivity contribution is 0.602. The van der Waals surface area contributed by atoms with Crippen LogP contribution in [0.25, 0.3) is 0 Å². The number of sulfone groups is 1. The lowest BCUT2D eigenvalue weighted by Crippen LogP contribution is -2.23. The Balaban J connectivity index is 1.92. The molecule has 0 spiro atoms. The van der Waals surface area contributed by atoms with Crippen molar-refractivity contribution in [1.82, 2.24) is 0 Å². The zero-order chi connectivity index (χ0) is 17.7. The quantitative estimate of drug-likeness (QED) is 0.644. The Hall–Kier alpha value is -2.34. The second-order valence-corrected chi connectivity index (χ2v) is 7.87. The summed E-state index contributed by atoms with van der Waals surface area (Å²) in [4.78, 5) is 4.63. The molecule has 0 aliphatic heterocycles. The molecule has 0 saturated heterocycles. The van der Waals surface area contributed by atoms with Crippen LogP contribution >= 0.6 is 0 Å². The van der Waals surface area contributed by atoms with E-state index in [0.29, 0.717) is 23.8 Å². The molecule has 2 aromatic rings. The second kappa shape index (κ2) is 7.49. The molecule has 0 aliphatic rings. The molecule has 0 saturated carbocycles. The number of anilines is 1. The molecule has 2 aromatic carbocycles. The van der Waals surface area contributed by atoms with Crippen molar-refractivity contribution >= 4 is 21.5 Å². The van der Waals surface area contributed by atoms with Gasteiger partial charge < -0.3 is 11.1 Å².